The molecule has 2 aromatic heterocycles. The van der Waals surface area contributed by atoms with E-state index < -0.39 is 0 Å². The molecule has 0 aliphatic carbocycles. The zero-order valence-electron chi connectivity index (χ0n) is 27.6. The van der Waals surface area contributed by atoms with Crippen molar-refractivity contribution in [3.63, 3.8) is 0 Å². The third kappa shape index (κ3) is 5.20. The van der Waals surface area contributed by atoms with Crippen LogP contribution in [0.15, 0.2) is 146 Å². The van der Waals surface area contributed by atoms with Crippen LogP contribution < -0.4 is 0 Å². The highest BCUT2D eigenvalue weighted by molar-refractivity contribution is 6.13. The van der Waals surface area contributed by atoms with Gasteiger partial charge in [0.2, 0.25) is 0 Å². The highest BCUT2D eigenvalue weighted by atomic mass is 15.0. The quantitative estimate of drug-likeness (QED) is 0.162. The number of nitrogens with zero attached hydrogens (tertiary/aromatic N) is 2. The lowest BCUT2D eigenvalue weighted by Gasteiger charge is -2.10. The molecule has 0 bridgehead atoms. The summed E-state index contributed by atoms with van der Waals surface area (Å²) in [7, 11) is 0. The van der Waals surface area contributed by atoms with Crippen LogP contribution in [0.2, 0.25) is 0 Å². The number of para-hydroxylation sites is 2. The smallest absolute Gasteiger partial charge is 0.0547 e. The van der Waals surface area contributed by atoms with Crippen LogP contribution in [0.5, 0.6) is 0 Å². The Kier molecular flexibility index (Phi) is 8.90. The van der Waals surface area contributed by atoms with E-state index in [0.717, 1.165) is 17.7 Å². The van der Waals surface area contributed by atoms with Gasteiger partial charge in [0.1, 0.15) is 0 Å². The molecule has 7 rings (SSSR count). The van der Waals surface area contributed by atoms with Crippen molar-refractivity contribution in [1.82, 2.24) is 9.13 Å². The van der Waals surface area contributed by atoms with Crippen molar-refractivity contribution in [3.05, 3.63) is 152 Å². The zero-order chi connectivity index (χ0) is 32.2. The van der Waals surface area contributed by atoms with Crippen LogP contribution in [0, 0.1) is 0 Å². The Morgan fingerprint density at radius 2 is 1.28 bits per heavy atom. The number of hydrogen-bond donors (Lipinski definition) is 0. The summed E-state index contributed by atoms with van der Waals surface area (Å²) in [5.41, 5.74) is 12.0. The van der Waals surface area contributed by atoms with Crippen LogP contribution in [0.3, 0.4) is 0 Å². The molecule has 0 saturated carbocycles. The second-order valence-electron chi connectivity index (χ2n) is 11.2. The lowest BCUT2D eigenvalue weighted by Crippen LogP contribution is -1.94. The highest BCUT2D eigenvalue weighted by Crippen LogP contribution is 2.39. The van der Waals surface area contributed by atoms with Gasteiger partial charge in [-0.05, 0) is 97.1 Å². The molecule has 2 heterocycles. The molecule has 5 aromatic carbocycles. The van der Waals surface area contributed by atoms with Gasteiger partial charge in [0, 0.05) is 32.9 Å². The van der Waals surface area contributed by atoms with E-state index in [1.54, 1.807) is 0 Å². The Hall–Kier alpha value is -5.34. The molecule has 0 aliphatic heterocycles. The minimum Gasteiger partial charge on any atom is -0.310 e. The van der Waals surface area contributed by atoms with E-state index in [2.05, 4.69) is 170 Å². The van der Waals surface area contributed by atoms with E-state index in [-0.39, 0.29) is 0 Å². The maximum absolute atomic E-state index is 4.04. The highest BCUT2D eigenvalue weighted by Gasteiger charge is 2.16. The van der Waals surface area contributed by atoms with Crippen molar-refractivity contribution in [2.75, 3.05) is 0 Å². The molecule has 0 unspecified atom stereocenters. The fraction of sp³-hybridized carbons (Fsp3) is 0.136. The molecule has 0 atom stereocenters. The molecule has 7 aromatic rings. The Morgan fingerprint density at radius 1 is 0.652 bits per heavy atom. The molecule has 0 fully saturated rings. The minimum absolute atomic E-state index is 0.980. The number of allylic oxidation sites excluding steroid dienone is 7. The summed E-state index contributed by atoms with van der Waals surface area (Å²) in [5.74, 6) is 0. The van der Waals surface area contributed by atoms with Gasteiger partial charge in [0.15, 0.2) is 0 Å². The molecule has 2 heteroatoms. The molecule has 0 saturated heterocycles. The first-order chi connectivity index (χ1) is 22.7. The normalized spacial score (nSPS) is 12.4. The summed E-state index contributed by atoms with van der Waals surface area (Å²) in [6, 6.07) is 40.0. The predicted molar refractivity (Wildman–Crippen MR) is 204 cm³/mol. The molecule has 2 nitrogen and oxygen atoms in total. The number of benzene rings is 5. The van der Waals surface area contributed by atoms with Gasteiger partial charge >= 0.3 is 0 Å². The van der Waals surface area contributed by atoms with Crippen LogP contribution in [-0.4, -0.2) is 9.13 Å². The summed E-state index contributed by atoms with van der Waals surface area (Å²) in [4.78, 5) is 0. The zero-order valence-corrected chi connectivity index (χ0v) is 27.6. The molecule has 46 heavy (non-hydrogen) atoms. The summed E-state index contributed by atoms with van der Waals surface area (Å²) < 4.78 is 4.78. The SMILES string of the molecule is C=C/C(=C\C)c1ccc2c3cc(-c4ccc5c(c4)c4ccccc4n5C(/C=C\C)=C/CC)ccc3n(-c3ccccc3)c2c1.CC. The van der Waals surface area contributed by atoms with Crippen molar-refractivity contribution >= 4 is 54.9 Å². The molecule has 0 aliphatic rings. The summed E-state index contributed by atoms with van der Waals surface area (Å²) in [6.07, 6.45) is 11.7. The van der Waals surface area contributed by atoms with Gasteiger partial charge in [0.25, 0.3) is 0 Å². The number of hydrogen-bond acceptors (Lipinski definition) is 0. The van der Waals surface area contributed by atoms with E-state index >= 15 is 0 Å². The standard InChI is InChI=1S/C42H36N2.C2H6/c1-5-14-33(15-6-2)43-39-19-13-12-18-35(39)37-26-30(21-24-40(37)43)31-22-25-41-38(27-31)36-23-20-32(29(7-3)8-4)28-42(36)44(41)34-16-10-9-11-17-34;1-2/h5,7-28H,3,6H2,1-2,4H3;1-2H3/b14-5-,29-8+,33-15+;. The van der Waals surface area contributed by atoms with Crippen molar-refractivity contribution in [2.45, 2.75) is 41.0 Å². The Morgan fingerprint density at radius 3 is 1.96 bits per heavy atom. The lowest BCUT2D eigenvalue weighted by atomic mass is 9.99. The second-order valence-corrected chi connectivity index (χ2v) is 11.2. The first-order valence-electron chi connectivity index (χ1n) is 16.5. The van der Waals surface area contributed by atoms with Crippen LogP contribution in [-0.2, 0) is 0 Å². The van der Waals surface area contributed by atoms with Crippen LogP contribution >= 0.6 is 0 Å². The minimum atomic E-state index is 0.980. The van der Waals surface area contributed by atoms with Crippen molar-refractivity contribution in [2.24, 2.45) is 0 Å². The van der Waals surface area contributed by atoms with E-state index in [1.807, 2.05) is 19.9 Å². The first kappa shape index (κ1) is 30.7. The second kappa shape index (κ2) is 13.3. The Labute approximate surface area is 272 Å². The van der Waals surface area contributed by atoms with Gasteiger partial charge in [0.05, 0.1) is 22.1 Å². The molecule has 0 spiro atoms. The third-order valence-corrected chi connectivity index (χ3v) is 8.66. The molecular formula is C44H42N2. The third-order valence-electron chi connectivity index (χ3n) is 8.66. The fourth-order valence-corrected chi connectivity index (χ4v) is 6.68. The van der Waals surface area contributed by atoms with E-state index in [0.29, 0.717) is 0 Å². The van der Waals surface area contributed by atoms with Crippen molar-refractivity contribution < 1.29 is 0 Å². The molecule has 228 valence electrons. The number of fused-ring (bicyclic) bond motifs is 6. The maximum Gasteiger partial charge on any atom is 0.0547 e. The molecule has 0 radical (unpaired) electrons. The Balaban J connectivity index is 0.00000182. The number of rotatable bonds is 7. The summed E-state index contributed by atoms with van der Waals surface area (Å²) >= 11 is 0. The Bertz CT molecular complexity index is 2280. The van der Waals surface area contributed by atoms with Gasteiger partial charge < -0.3 is 9.13 Å². The summed E-state index contributed by atoms with van der Waals surface area (Å²) in [5, 5.41) is 5.03. The van der Waals surface area contributed by atoms with Gasteiger partial charge in [-0.2, -0.15) is 0 Å². The average Bonchev–Trinajstić information content (AvgIpc) is 3.61. The van der Waals surface area contributed by atoms with Crippen molar-refractivity contribution in [3.8, 4) is 16.8 Å². The van der Waals surface area contributed by atoms with E-state index in [4.69, 9.17) is 0 Å². The molecular weight excluding hydrogens is 556 g/mol. The van der Waals surface area contributed by atoms with Crippen molar-refractivity contribution in [1.29, 1.82) is 0 Å². The maximum atomic E-state index is 4.04. The average molecular weight is 599 g/mol. The monoisotopic (exact) mass is 598 g/mol. The van der Waals surface area contributed by atoms with Crippen LogP contribution in [0.25, 0.3) is 71.7 Å². The van der Waals surface area contributed by atoms with E-state index in [9.17, 15) is 0 Å². The topological polar surface area (TPSA) is 9.86 Å². The molecule has 0 amide bonds. The van der Waals surface area contributed by atoms with Crippen LogP contribution in [0.1, 0.15) is 46.6 Å². The first-order valence-corrected chi connectivity index (χ1v) is 16.5. The summed E-state index contributed by atoms with van der Waals surface area (Å²) in [6.45, 7) is 14.4. The van der Waals surface area contributed by atoms with Gasteiger partial charge in [-0.15, -0.1) is 0 Å². The fourth-order valence-electron chi connectivity index (χ4n) is 6.68. The largest absolute Gasteiger partial charge is 0.310 e. The van der Waals surface area contributed by atoms with Crippen LogP contribution in [0.4, 0.5) is 0 Å². The lowest BCUT2D eigenvalue weighted by molar-refractivity contribution is 1.17. The van der Waals surface area contributed by atoms with Gasteiger partial charge in [-0.25, -0.2) is 0 Å². The molecule has 0 N–H and O–H groups in total. The van der Waals surface area contributed by atoms with Gasteiger partial charge in [-0.1, -0.05) is 112 Å². The number of aromatic nitrogens is 2. The van der Waals surface area contributed by atoms with Gasteiger partial charge in [-0.3, -0.25) is 0 Å². The van der Waals surface area contributed by atoms with E-state index in [1.165, 1.54) is 66.0 Å². The predicted octanol–water partition coefficient (Wildman–Crippen LogP) is 13.0.